The molecule has 8 heteroatoms. The van der Waals surface area contributed by atoms with Crippen LogP contribution in [-0.2, 0) is 21.0 Å². The van der Waals surface area contributed by atoms with Gasteiger partial charge in [-0.05, 0) is 59.6 Å². The van der Waals surface area contributed by atoms with Gasteiger partial charge >= 0.3 is 0 Å². The number of hydrogen-bond donors (Lipinski definition) is 1. The molecule has 0 bridgehead atoms. The fourth-order valence-corrected chi connectivity index (χ4v) is 6.80. The average Bonchev–Trinajstić information content (AvgIpc) is 3.19. The molecule has 0 saturated carbocycles. The maximum atomic E-state index is 13.6. The van der Waals surface area contributed by atoms with E-state index >= 15 is 0 Å². The summed E-state index contributed by atoms with van der Waals surface area (Å²) in [6.07, 6.45) is 0.462. The van der Waals surface area contributed by atoms with E-state index in [1.807, 2.05) is 11.4 Å². The summed E-state index contributed by atoms with van der Waals surface area (Å²) in [6.45, 7) is 16.5. The van der Waals surface area contributed by atoms with Gasteiger partial charge in [-0.15, -0.1) is 11.3 Å². The van der Waals surface area contributed by atoms with E-state index in [1.165, 1.54) is 0 Å². The predicted octanol–water partition coefficient (Wildman–Crippen LogP) is 6.01. The molecule has 1 aromatic heterocycles. The minimum atomic E-state index is -3.64. The van der Waals surface area contributed by atoms with Gasteiger partial charge in [-0.2, -0.15) is 4.31 Å². The fraction of sp³-hybridized carbons (Fsp3) is 0.583. The second kappa shape index (κ2) is 10.9. The second-order valence-corrected chi connectivity index (χ2v) is 17.9. The van der Waals surface area contributed by atoms with E-state index in [-0.39, 0.29) is 11.1 Å². The molecule has 0 amide bonds. The molecule has 0 radical (unpaired) electrons. The molecule has 1 unspecified atom stereocenters. The standard InChI is InChI=1S/C24H40N2O3S2Si/c1-19(2)13-14-26(31(27,28)21-11-9-8-10-12-21)17-22(23-15-20(16-25)18-30-23)29-32(6,7)24(3,4)5/h8-12,15,18-19,22H,13-14,16-17,25H2,1-7H3. The van der Waals surface area contributed by atoms with Crippen LogP contribution < -0.4 is 5.73 Å². The molecular formula is C24H40N2O3S2Si. The van der Waals surface area contributed by atoms with Crippen LogP contribution in [0.1, 0.15) is 57.6 Å². The third kappa shape index (κ3) is 6.98. The molecule has 0 spiro atoms. The van der Waals surface area contributed by atoms with Crippen LogP contribution in [0, 0.1) is 5.92 Å². The van der Waals surface area contributed by atoms with Crippen LogP contribution >= 0.6 is 11.3 Å². The Bertz CT molecular complexity index is 951. The van der Waals surface area contributed by atoms with Gasteiger partial charge in [-0.25, -0.2) is 8.42 Å². The van der Waals surface area contributed by atoms with E-state index in [9.17, 15) is 8.42 Å². The number of benzene rings is 1. The number of thiophene rings is 1. The van der Waals surface area contributed by atoms with Crippen molar-refractivity contribution in [1.82, 2.24) is 4.31 Å². The Morgan fingerprint density at radius 1 is 1.16 bits per heavy atom. The summed E-state index contributed by atoms with van der Waals surface area (Å²) in [5, 5.41) is 2.06. The van der Waals surface area contributed by atoms with Crippen LogP contribution in [0.15, 0.2) is 46.7 Å². The minimum absolute atomic E-state index is 0.0142. The van der Waals surface area contributed by atoms with Crippen LogP contribution in [0.2, 0.25) is 18.1 Å². The van der Waals surface area contributed by atoms with Crippen molar-refractivity contribution in [3.05, 3.63) is 52.2 Å². The fourth-order valence-electron chi connectivity index (χ4n) is 3.03. The van der Waals surface area contributed by atoms with Crippen LogP contribution in [0.5, 0.6) is 0 Å². The molecule has 1 atom stereocenters. The van der Waals surface area contributed by atoms with Crippen molar-refractivity contribution in [2.45, 2.75) is 76.7 Å². The molecular weight excluding hydrogens is 456 g/mol. The normalized spacial score (nSPS) is 14.3. The highest BCUT2D eigenvalue weighted by Gasteiger charge is 2.41. The first kappa shape index (κ1) is 27.2. The molecule has 1 heterocycles. The monoisotopic (exact) mass is 496 g/mol. The van der Waals surface area contributed by atoms with Gasteiger partial charge in [0.25, 0.3) is 0 Å². The molecule has 0 aliphatic rings. The molecule has 2 N–H and O–H groups in total. The molecule has 32 heavy (non-hydrogen) atoms. The molecule has 0 fully saturated rings. The Morgan fingerprint density at radius 3 is 2.28 bits per heavy atom. The van der Waals surface area contributed by atoms with Crippen LogP contribution in [0.3, 0.4) is 0 Å². The molecule has 180 valence electrons. The van der Waals surface area contributed by atoms with E-state index < -0.39 is 18.3 Å². The largest absolute Gasteiger partial charge is 0.408 e. The predicted molar refractivity (Wildman–Crippen MR) is 138 cm³/mol. The van der Waals surface area contributed by atoms with Gasteiger partial charge in [0, 0.05) is 24.5 Å². The van der Waals surface area contributed by atoms with Crippen molar-refractivity contribution < 1.29 is 12.8 Å². The summed E-state index contributed by atoms with van der Waals surface area (Å²) >= 11 is 1.60. The Balaban J connectivity index is 2.46. The Hall–Kier alpha value is -1.03. The summed E-state index contributed by atoms with van der Waals surface area (Å²) in [7, 11) is -5.79. The lowest BCUT2D eigenvalue weighted by atomic mass is 10.1. The van der Waals surface area contributed by atoms with Crippen LogP contribution in [-0.4, -0.2) is 34.1 Å². The number of nitrogens with two attached hydrogens (primary N) is 1. The SMILES string of the molecule is CC(C)CCN(CC(O[Si](C)(C)C(C)(C)C)c1cc(CN)cs1)S(=O)(=O)c1ccccc1. The topological polar surface area (TPSA) is 72.6 Å². The molecule has 2 rings (SSSR count). The smallest absolute Gasteiger partial charge is 0.243 e. The van der Waals surface area contributed by atoms with E-state index in [4.69, 9.17) is 10.2 Å². The first-order valence-electron chi connectivity index (χ1n) is 11.3. The second-order valence-electron chi connectivity index (χ2n) is 10.3. The van der Waals surface area contributed by atoms with Crippen molar-refractivity contribution in [2.24, 2.45) is 11.7 Å². The third-order valence-corrected chi connectivity index (χ3v) is 13.6. The average molecular weight is 497 g/mol. The lowest BCUT2D eigenvalue weighted by Gasteiger charge is -2.40. The summed E-state index contributed by atoms with van der Waals surface area (Å²) in [5.41, 5.74) is 6.91. The number of hydrogen-bond acceptors (Lipinski definition) is 5. The first-order chi connectivity index (χ1) is 14.8. The number of rotatable bonds is 11. The molecule has 2 aromatic rings. The molecule has 5 nitrogen and oxygen atoms in total. The Kier molecular flexibility index (Phi) is 9.29. The highest BCUT2D eigenvalue weighted by Crippen LogP contribution is 2.41. The molecule has 0 aliphatic heterocycles. The lowest BCUT2D eigenvalue weighted by Crippen LogP contribution is -2.45. The Labute approximate surface area is 200 Å². The van der Waals surface area contributed by atoms with Gasteiger partial charge in [0.15, 0.2) is 8.32 Å². The van der Waals surface area contributed by atoms with Crippen LogP contribution in [0.4, 0.5) is 0 Å². The van der Waals surface area contributed by atoms with Crippen molar-refractivity contribution in [1.29, 1.82) is 0 Å². The van der Waals surface area contributed by atoms with E-state index in [0.717, 1.165) is 16.9 Å². The molecule has 0 aliphatic carbocycles. The Morgan fingerprint density at radius 2 is 1.78 bits per heavy atom. The number of nitrogens with zero attached hydrogens (tertiary/aromatic N) is 1. The lowest BCUT2D eigenvalue weighted by molar-refractivity contribution is 0.155. The van der Waals surface area contributed by atoms with E-state index in [0.29, 0.717) is 30.4 Å². The van der Waals surface area contributed by atoms with E-state index in [1.54, 1.807) is 39.9 Å². The maximum absolute atomic E-state index is 13.6. The summed E-state index contributed by atoms with van der Waals surface area (Å²) in [5.74, 6) is 0.397. The zero-order chi connectivity index (χ0) is 24.2. The summed E-state index contributed by atoms with van der Waals surface area (Å²) in [4.78, 5) is 1.36. The van der Waals surface area contributed by atoms with Gasteiger partial charge in [-0.1, -0.05) is 52.8 Å². The third-order valence-electron chi connectivity index (χ3n) is 6.18. The summed E-state index contributed by atoms with van der Waals surface area (Å²) in [6, 6.07) is 10.8. The maximum Gasteiger partial charge on any atom is 0.243 e. The van der Waals surface area contributed by atoms with Gasteiger partial charge in [0.2, 0.25) is 10.0 Å². The quantitative estimate of drug-likeness (QED) is 0.387. The molecule has 0 saturated heterocycles. The number of sulfonamides is 1. The highest BCUT2D eigenvalue weighted by atomic mass is 32.2. The molecule has 1 aromatic carbocycles. The van der Waals surface area contributed by atoms with Gasteiger partial charge in [0.05, 0.1) is 11.0 Å². The van der Waals surface area contributed by atoms with Crippen molar-refractivity contribution in [2.75, 3.05) is 13.1 Å². The van der Waals surface area contributed by atoms with Crippen molar-refractivity contribution >= 4 is 29.7 Å². The highest BCUT2D eigenvalue weighted by molar-refractivity contribution is 7.89. The minimum Gasteiger partial charge on any atom is -0.408 e. The van der Waals surface area contributed by atoms with Crippen LogP contribution in [0.25, 0.3) is 0 Å². The zero-order valence-electron chi connectivity index (χ0n) is 20.6. The zero-order valence-corrected chi connectivity index (χ0v) is 23.2. The van der Waals surface area contributed by atoms with Crippen molar-refractivity contribution in [3.8, 4) is 0 Å². The van der Waals surface area contributed by atoms with Crippen molar-refractivity contribution in [3.63, 3.8) is 0 Å². The van der Waals surface area contributed by atoms with Gasteiger partial charge < -0.3 is 10.2 Å². The summed E-state index contributed by atoms with van der Waals surface area (Å²) < 4.78 is 35.6. The van der Waals surface area contributed by atoms with E-state index in [2.05, 4.69) is 53.8 Å². The van der Waals surface area contributed by atoms with Gasteiger partial charge in [0.1, 0.15) is 0 Å². The first-order valence-corrected chi connectivity index (χ1v) is 16.5. The van der Waals surface area contributed by atoms with Gasteiger partial charge in [-0.3, -0.25) is 0 Å².